The number of aromatic nitrogens is 1. The fourth-order valence-corrected chi connectivity index (χ4v) is 3.68. The van der Waals surface area contributed by atoms with Crippen molar-refractivity contribution in [2.75, 3.05) is 13.1 Å². The molecule has 1 aliphatic rings. The van der Waals surface area contributed by atoms with Gasteiger partial charge in [0.2, 0.25) is 0 Å². The van der Waals surface area contributed by atoms with Crippen molar-refractivity contribution >= 4 is 5.97 Å². The van der Waals surface area contributed by atoms with Crippen LogP contribution in [0.15, 0.2) is 39.6 Å². The monoisotopic (exact) mass is 384 g/mol. The molecule has 2 unspecified atom stereocenters. The number of likely N-dealkylation sites (tertiary alicyclic amines) is 1. The first-order valence-corrected chi connectivity index (χ1v) is 8.53. The van der Waals surface area contributed by atoms with Crippen molar-refractivity contribution in [1.29, 1.82) is 0 Å². The van der Waals surface area contributed by atoms with Crippen LogP contribution in [0.25, 0.3) is 0 Å². The third-order valence-corrected chi connectivity index (χ3v) is 4.90. The number of carboxylic acid groups (broad SMARTS) is 1. The smallest absolute Gasteiger partial charge is 0.416 e. The van der Waals surface area contributed by atoms with E-state index in [1.807, 2.05) is 0 Å². The molecule has 2 atom stereocenters. The summed E-state index contributed by atoms with van der Waals surface area (Å²) >= 11 is 0. The largest absolute Gasteiger partial charge is 0.480 e. The zero-order valence-electron chi connectivity index (χ0n) is 14.3. The Kier molecular flexibility index (Phi) is 5.41. The van der Waals surface area contributed by atoms with E-state index in [1.54, 1.807) is 4.90 Å². The van der Waals surface area contributed by atoms with Gasteiger partial charge in [0, 0.05) is 18.0 Å². The highest BCUT2D eigenvalue weighted by Crippen LogP contribution is 2.36. The fourth-order valence-electron chi connectivity index (χ4n) is 3.68. The summed E-state index contributed by atoms with van der Waals surface area (Å²) in [6.45, 7) is 0.146. The van der Waals surface area contributed by atoms with Crippen LogP contribution in [0.1, 0.15) is 35.6 Å². The molecule has 0 spiro atoms. The van der Waals surface area contributed by atoms with Crippen LogP contribution in [0, 0.1) is 0 Å². The van der Waals surface area contributed by atoms with Gasteiger partial charge < -0.3 is 9.63 Å². The first kappa shape index (κ1) is 19.2. The number of nitrogens with zero attached hydrogens (tertiary/aromatic N) is 1. The summed E-state index contributed by atoms with van der Waals surface area (Å²) in [6.07, 6.45) is -3.45. The molecule has 1 saturated heterocycles. The Morgan fingerprint density at radius 3 is 2.70 bits per heavy atom. The molecule has 2 aromatic rings. The van der Waals surface area contributed by atoms with E-state index < -0.39 is 23.8 Å². The van der Waals surface area contributed by atoms with Crippen LogP contribution in [0.4, 0.5) is 13.2 Å². The summed E-state index contributed by atoms with van der Waals surface area (Å²) in [5.74, 6) is -0.739. The van der Waals surface area contributed by atoms with E-state index in [2.05, 4.69) is 5.16 Å². The Morgan fingerprint density at radius 1 is 1.33 bits per heavy atom. The summed E-state index contributed by atoms with van der Waals surface area (Å²) in [4.78, 5) is 24.1. The molecule has 3 rings (SSSR count). The van der Waals surface area contributed by atoms with Crippen molar-refractivity contribution in [3.8, 4) is 0 Å². The molecular formula is C18H19F3N2O4. The van der Waals surface area contributed by atoms with E-state index >= 15 is 0 Å². The van der Waals surface area contributed by atoms with Crippen LogP contribution in [0.3, 0.4) is 0 Å². The number of hydrogen-bond donors (Lipinski definition) is 2. The van der Waals surface area contributed by atoms with E-state index in [4.69, 9.17) is 9.63 Å². The molecule has 0 bridgehead atoms. The lowest BCUT2D eigenvalue weighted by Gasteiger charge is -2.38. The van der Waals surface area contributed by atoms with Crippen LogP contribution in [0.2, 0.25) is 0 Å². The lowest BCUT2D eigenvalue weighted by molar-refractivity contribution is -0.140. The summed E-state index contributed by atoms with van der Waals surface area (Å²) in [5, 5.41) is 11.3. The van der Waals surface area contributed by atoms with Crippen molar-refractivity contribution in [2.45, 2.75) is 37.4 Å². The molecule has 1 aromatic heterocycles. The van der Waals surface area contributed by atoms with E-state index in [0.717, 1.165) is 6.07 Å². The second kappa shape index (κ2) is 7.59. The highest BCUT2D eigenvalue weighted by molar-refractivity contribution is 5.69. The van der Waals surface area contributed by atoms with Crippen molar-refractivity contribution in [2.24, 2.45) is 0 Å². The topological polar surface area (TPSA) is 86.5 Å². The molecule has 2 heterocycles. The van der Waals surface area contributed by atoms with Crippen LogP contribution >= 0.6 is 0 Å². The van der Waals surface area contributed by atoms with Crippen molar-refractivity contribution in [3.05, 3.63) is 57.6 Å². The van der Waals surface area contributed by atoms with E-state index in [-0.39, 0.29) is 30.0 Å². The number of halogens is 3. The Hall–Kier alpha value is -2.55. The lowest BCUT2D eigenvalue weighted by atomic mass is 9.85. The molecule has 0 saturated carbocycles. The van der Waals surface area contributed by atoms with Gasteiger partial charge in [-0.05, 0) is 37.4 Å². The Morgan fingerprint density at radius 2 is 2.07 bits per heavy atom. The van der Waals surface area contributed by atoms with Crippen molar-refractivity contribution < 1.29 is 27.6 Å². The zero-order chi connectivity index (χ0) is 19.6. The highest BCUT2D eigenvalue weighted by atomic mass is 19.4. The average Bonchev–Trinajstić information content (AvgIpc) is 3.02. The molecule has 1 fully saturated rings. The Bertz CT molecular complexity index is 859. The quantitative estimate of drug-likeness (QED) is 0.828. The molecule has 0 radical (unpaired) electrons. The normalized spacial score (nSPS) is 21.3. The Labute approximate surface area is 152 Å². The van der Waals surface area contributed by atoms with Crippen LogP contribution in [-0.4, -0.2) is 40.3 Å². The molecule has 2 N–H and O–H groups in total. The number of nitrogens with one attached hydrogen (secondary N) is 1. The van der Waals surface area contributed by atoms with Crippen molar-refractivity contribution in [1.82, 2.24) is 10.1 Å². The minimum atomic E-state index is -4.48. The van der Waals surface area contributed by atoms with Crippen molar-refractivity contribution in [3.63, 3.8) is 0 Å². The highest BCUT2D eigenvalue weighted by Gasteiger charge is 2.36. The van der Waals surface area contributed by atoms with Gasteiger partial charge >= 0.3 is 12.1 Å². The molecule has 1 aliphatic heterocycles. The SMILES string of the molecule is O=C(O)CN1CCC(c2cc(=O)[nH]o2)CC1Cc1ccccc1C(F)(F)F. The number of piperidine rings is 1. The van der Waals surface area contributed by atoms with E-state index in [9.17, 15) is 22.8 Å². The molecule has 0 amide bonds. The van der Waals surface area contributed by atoms with Crippen LogP contribution in [-0.2, 0) is 17.4 Å². The number of aromatic amines is 1. The maximum atomic E-state index is 13.3. The van der Waals surface area contributed by atoms with Gasteiger partial charge in [0.25, 0.3) is 5.56 Å². The maximum absolute atomic E-state index is 13.3. The standard InChI is InChI=1S/C18H19F3N2O4/c19-18(20,21)14-4-2-1-3-11(14)7-13-8-12(15-9-16(24)22-27-15)5-6-23(13)10-17(25)26/h1-4,9,12-13H,5-8,10H2,(H,22,24)(H,25,26). The van der Waals surface area contributed by atoms with Gasteiger partial charge in [0.1, 0.15) is 5.76 Å². The summed E-state index contributed by atoms with van der Waals surface area (Å²) in [6, 6.07) is 6.24. The third kappa shape index (κ3) is 4.60. The van der Waals surface area contributed by atoms with Crippen LogP contribution < -0.4 is 5.56 Å². The predicted octanol–water partition coefficient (Wildman–Crippen LogP) is 2.86. The predicted molar refractivity (Wildman–Crippen MR) is 89.4 cm³/mol. The number of alkyl halides is 3. The van der Waals surface area contributed by atoms with Gasteiger partial charge in [-0.25, -0.2) is 0 Å². The van der Waals surface area contributed by atoms with Gasteiger partial charge in [-0.1, -0.05) is 18.2 Å². The van der Waals surface area contributed by atoms with Gasteiger partial charge in [0.05, 0.1) is 12.1 Å². The number of hydrogen-bond acceptors (Lipinski definition) is 4. The minimum absolute atomic E-state index is 0.0636. The number of aliphatic carboxylic acids is 1. The summed E-state index contributed by atoms with van der Waals surface area (Å²) in [5.41, 5.74) is -0.964. The minimum Gasteiger partial charge on any atom is -0.480 e. The number of benzene rings is 1. The summed E-state index contributed by atoms with van der Waals surface area (Å²) in [7, 11) is 0. The van der Waals surface area contributed by atoms with Gasteiger partial charge in [-0.2, -0.15) is 18.3 Å². The second-order valence-corrected chi connectivity index (χ2v) is 6.71. The summed E-state index contributed by atoms with van der Waals surface area (Å²) < 4.78 is 45.0. The zero-order valence-corrected chi connectivity index (χ0v) is 14.3. The first-order valence-electron chi connectivity index (χ1n) is 8.53. The first-order chi connectivity index (χ1) is 12.7. The fraction of sp³-hybridized carbons (Fsp3) is 0.444. The molecule has 27 heavy (non-hydrogen) atoms. The molecule has 0 aliphatic carbocycles. The molecule has 1 aromatic carbocycles. The molecule has 146 valence electrons. The molecule has 6 nitrogen and oxygen atoms in total. The third-order valence-electron chi connectivity index (χ3n) is 4.90. The number of rotatable bonds is 5. The van der Waals surface area contributed by atoms with E-state index in [1.165, 1.54) is 24.3 Å². The maximum Gasteiger partial charge on any atom is 0.416 e. The number of H-pyrrole nitrogens is 1. The number of carboxylic acids is 1. The molecule has 9 heteroatoms. The average molecular weight is 384 g/mol. The van der Waals surface area contributed by atoms with Crippen LogP contribution in [0.5, 0.6) is 0 Å². The Balaban J connectivity index is 1.86. The lowest BCUT2D eigenvalue weighted by Crippen LogP contribution is -2.45. The molecular weight excluding hydrogens is 365 g/mol. The van der Waals surface area contributed by atoms with Gasteiger partial charge in [-0.15, -0.1) is 0 Å². The van der Waals surface area contributed by atoms with Gasteiger partial charge in [-0.3, -0.25) is 14.5 Å². The number of carbonyl (C=O) groups is 1. The van der Waals surface area contributed by atoms with Gasteiger partial charge in [0.15, 0.2) is 0 Å². The van der Waals surface area contributed by atoms with E-state index in [0.29, 0.717) is 25.1 Å². The second-order valence-electron chi connectivity index (χ2n) is 6.71.